The zero-order valence-electron chi connectivity index (χ0n) is 10.3. The summed E-state index contributed by atoms with van der Waals surface area (Å²) in [6.45, 7) is 0. The van der Waals surface area contributed by atoms with Gasteiger partial charge < -0.3 is 15.6 Å². The van der Waals surface area contributed by atoms with E-state index in [1.165, 1.54) is 0 Å². The topological polar surface area (TPSA) is 72.6 Å². The molecule has 0 saturated carbocycles. The Morgan fingerprint density at radius 2 is 1.79 bits per heavy atom. The smallest absolute Gasteiger partial charge is 0.305 e. The molecule has 0 aliphatic carbocycles. The van der Waals surface area contributed by atoms with Crippen LogP contribution in [0.4, 0.5) is 0 Å². The number of aliphatic carboxylic acids is 1. The zero-order valence-corrected chi connectivity index (χ0v) is 10.3. The van der Waals surface area contributed by atoms with Gasteiger partial charge in [0.25, 0.3) is 0 Å². The minimum absolute atomic E-state index is 0.102. The lowest BCUT2D eigenvalue weighted by atomic mass is 10.0. The van der Waals surface area contributed by atoms with Crippen molar-refractivity contribution < 1.29 is 14.6 Å². The Balaban J connectivity index is 2.13. The maximum atomic E-state index is 10.6. The highest BCUT2D eigenvalue weighted by atomic mass is 16.5. The summed E-state index contributed by atoms with van der Waals surface area (Å²) >= 11 is 0. The number of para-hydroxylation sites is 1. The predicted molar refractivity (Wildman–Crippen MR) is 72.1 cm³/mol. The lowest BCUT2D eigenvalue weighted by molar-refractivity contribution is -0.137. The molecule has 98 valence electrons. The second-order valence-electron chi connectivity index (χ2n) is 4.19. The Morgan fingerprint density at radius 3 is 2.47 bits per heavy atom. The molecule has 0 spiro atoms. The maximum Gasteiger partial charge on any atom is 0.305 e. The highest BCUT2D eigenvalue weighted by Crippen LogP contribution is 2.24. The van der Waals surface area contributed by atoms with Crippen LogP contribution < -0.4 is 10.5 Å². The number of hydrogen-bond donors (Lipinski definition) is 2. The van der Waals surface area contributed by atoms with Crippen LogP contribution in [0.3, 0.4) is 0 Å². The lowest BCUT2D eigenvalue weighted by Crippen LogP contribution is -2.14. The van der Waals surface area contributed by atoms with Crippen molar-refractivity contribution in [3.8, 4) is 11.5 Å². The highest BCUT2D eigenvalue weighted by Gasteiger charge is 2.11. The largest absolute Gasteiger partial charge is 0.481 e. The highest BCUT2D eigenvalue weighted by molar-refractivity contribution is 5.67. The number of ether oxygens (including phenoxy) is 1. The molecule has 19 heavy (non-hydrogen) atoms. The minimum atomic E-state index is -0.915. The normalized spacial score (nSPS) is 11.8. The molecule has 3 N–H and O–H groups in total. The quantitative estimate of drug-likeness (QED) is 0.863. The van der Waals surface area contributed by atoms with Gasteiger partial charge in [0.2, 0.25) is 0 Å². The van der Waals surface area contributed by atoms with Crippen molar-refractivity contribution in [3.05, 3.63) is 60.2 Å². The van der Waals surface area contributed by atoms with Crippen molar-refractivity contribution in [3.63, 3.8) is 0 Å². The third kappa shape index (κ3) is 3.82. The molecular weight excluding hydrogens is 242 g/mol. The molecule has 0 aliphatic rings. The first-order valence-electron chi connectivity index (χ1n) is 5.95. The Kier molecular flexibility index (Phi) is 4.15. The van der Waals surface area contributed by atoms with Gasteiger partial charge in [-0.2, -0.15) is 0 Å². The fraction of sp³-hybridized carbons (Fsp3) is 0.133. The molecule has 0 radical (unpaired) electrons. The van der Waals surface area contributed by atoms with Gasteiger partial charge in [-0.15, -0.1) is 0 Å². The second kappa shape index (κ2) is 6.02. The van der Waals surface area contributed by atoms with Crippen LogP contribution >= 0.6 is 0 Å². The van der Waals surface area contributed by atoms with Crippen molar-refractivity contribution in [2.45, 2.75) is 12.5 Å². The molecular formula is C15H15NO3. The van der Waals surface area contributed by atoms with Crippen LogP contribution in [-0.2, 0) is 4.79 Å². The number of nitrogens with two attached hydrogens (primary N) is 1. The SMILES string of the molecule is N[C@@H](CC(=O)O)c1cccc(Oc2ccccc2)c1. The Labute approximate surface area is 111 Å². The standard InChI is InChI=1S/C15H15NO3/c16-14(10-15(17)18)11-5-4-8-13(9-11)19-12-6-2-1-3-7-12/h1-9,14H,10,16H2,(H,17,18)/t14-/m0/s1. The van der Waals surface area contributed by atoms with Crippen molar-refractivity contribution >= 4 is 5.97 Å². The van der Waals surface area contributed by atoms with E-state index in [2.05, 4.69) is 0 Å². The summed E-state index contributed by atoms with van der Waals surface area (Å²) in [5, 5.41) is 8.74. The Bertz CT molecular complexity index is 554. The first kappa shape index (κ1) is 13.1. The average Bonchev–Trinajstić information content (AvgIpc) is 2.39. The first-order chi connectivity index (χ1) is 9.15. The van der Waals surface area contributed by atoms with Gasteiger partial charge in [0.05, 0.1) is 6.42 Å². The van der Waals surface area contributed by atoms with Gasteiger partial charge in [-0.3, -0.25) is 4.79 Å². The van der Waals surface area contributed by atoms with E-state index in [9.17, 15) is 4.79 Å². The van der Waals surface area contributed by atoms with Crippen LogP contribution in [0, 0.1) is 0 Å². The van der Waals surface area contributed by atoms with E-state index in [1.807, 2.05) is 36.4 Å². The molecule has 0 saturated heterocycles. The number of benzene rings is 2. The number of carboxylic acid groups (broad SMARTS) is 1. The van der Waals surface area contributed by atoms with Crippen molar-refractivity contribution in [2.24, 2.45) is 5.73 Å². The third-order valence-corrected chi connectivity index (χ3v) is 2.66. The summed E-state index contributed by atoms with van der Waals surface area (Å²) in [6.07, 6.45) is -0.102. The zero-order chi connectivity index (χ0) is 13.7. The summed E-state index contributed by atoms with van der Waals surface area (Å²) in [7, 11) is 0. The van der Waals surface area contributed by atoms with Gasteiger partial charge in [0.15, 0.2) is 0 Å². The summed E-state index contributed by atoms with van der Waals surface area (Å²) < 4.78 is 5.67. The van der Waals surface area contributed by atoms with E-state index in [0.29, 0.717) is 5.75 Å². The number of rotatable bonds is 5. The molecule has 0 heterocycles. The number of hydrogen-bond acceptors (Lipinski definition) is 3. The van der Waals surface area contributed by atoms with Crippen LogP contribution in [0.25, 0.3) is 0 Å². The van der Waals surface area contributed by atoms with E-state index >= 15 is 0 Å². The van der Waals surface area contributed by atoms with Gasteiger partial charge in [-0.1, -0.05) is 30.3 Å². The second-order valence-corrected chi connectivity index (χ2v) is 4.19. The number of carboxylic acids is 1. The molecule has 2 aromatic rings. The van der Waals surface area contributed by atoms with Crippen LogP contribution in [-0.4, -0.2) is 11.1 Å². The van der Waals surface area contributed by atoms with Gasteiger partial charge in [-0.25, -0.2) is 0 Å². The predicted octanol–water partition coefficient (Wildman–Crippen LogP) is 2.95. The Morgan fingerprint density at radius 1 is 1.11 bits per heavy atom. The molecule has 0 aromatic heterocycles. The monoisotopic (exact) mass is 257 g/mol. The van der Waals surface area contributed by atoms with Gasteiger partial charge in [0, 0.05) is 6.04 Å². The molecule has 2 rings (SSSR count). The van der Waals surface area contributed by atoms with E-state index in [4.69, 9.17) is 15.6 Å². The molecule has 2 aromatic carbocycles. The molecule has 4 nitrogen and oxygen atoms in total. The van der Waals surface area contributed by atoms with Crippen LogP contribution in [0.2, 0.25) is 0 Å². The summed E-state index contributed by atoms with van der Waals surface area (Å²) in [4.78, 5) is 10.6. The van der Waals surface area contributed by atoms with Crippen molar-refractivity contribution in [1.29, 1.82) is 0 Å². The summed E-state index contributed by atoms with van der Waals surface area (Å²) in [5.41, 5.74) is 6.57. The fourth-order valence-electron chi connectivity index (χ4n) is 1.74. The molecule has 0 amide bonds. The number of carbonyl (C=O) groups is 1. The van der Waals surface area contributed by atoms with Crippen LogP contribution in [0.1, 0.15) is 18.0 Å². The van der Waals surface area contributed by atoms with Crippen LogP contribution in [0.15, 0.2) is 54.6 Å². The summed E-state index contributed by atoms with van der Waals surface area (Å²) in [6, 6.07) is 16.0. The average molecular weight is 257 g/mol. The lowest BCUT2D eigenvalue weighted by Gasteiger charge is -2.11. The molecule has 0 unspecified atom stereocenters. The van der Waals surface area contributed by atoms with Gasteiger partial charge in [0.1, 0.15) is 11.5 Å². The minimum Gasteiger partial charge on any atom is -0.481 e. The maximum absolute atomic E-state index is 10.6. The summed E-state index contributed by atoms with van der Waals surface area (Å²) in [5.74, 6) is 0.456. The first-order valence-corrected chi connectivity index (χ1v) is 5.95. The fourth-order valence-corrected chi connectivity index (χ4v) is 1.74. The van der Waals surface area contributed by atoms with E-state index in [1.54, 1.807) is 18.2 Å². The molecule has 0 aliphatic heterocycles. The third-order valence-electron chi connectivity index (χ3n) is 2.66. The van der Waals surface area contributed by atoms with E-state index in [-0.39, 0.29) is 6.42 Å². The molecule has 0 bridgehead atoms. The Hall–Kier alpha value is -2.33. The van der Waals surface area contributed by atoms with Gasteiger partial charge in [-0.05, 0) is 29.8 Å². The van der Waals surface area contributed by atoms with Crippen molar-refractivity contribution in [2.75, 3.05) is 0 Å². The molecule has 4 heteroatoms. The van der Waals surface area contributed by atoms with Crippen molar-refractivity contribution in [1.82, 2.24) is 0 Å². The van der Waals surface area contributed by atoms with Crippen LogP contribution in [0.5, 0.6) is 11.5 Å². The van der Waals surface area contributed by atoms with E-state index < -0.39 is 12.0 Å². The molecule has 1 atom stereocenters. The van der Waals surface area contributed by atoms with Gasteiger partial charge >= 0.3 is 5.97 Å². The van der Waals surface area contributed by atoms with E-state index in [0.717, 1.165) is 11.3 Å². The molecule has 0 fully saturated rings.